The Morgan fingerprint density at radius 1 is 0.931 bits per heavy atom. The van der Waals surface area contributed by atoms with Crippen LogP contribution in [0.5, 0.6) is 5.75 Å². The zero-order chi connectivity index (χ0) is 20.5. The van der Waals surface area contributed by atoms with E-state index in [9.17, 15) is 9.59 Å². The first-order chi connectivity index (χ1) is 14.0. The van der Waals surface area contributed by atoms with Gasteiger partial charge in [0.05, 0.1) is 18.4 Å². The summed E-state index contributed by atoms with van der Waals surface area (Å²) in [6, 6.07) is 12.6. The van der Waals surface area contributed by atoms with Crippen molar-refractivity contribution < 1.29 is 14.3 Å². The molecule has 0 atom stereocenters. The molecule has 1 saturated heterocycles. The van der Waals surface area contributed by atoms with Crippen molar-refractivity contribution in [1.82, 2.24) is 4.90 Å². The highest BCUT2D eigenvalue weighted by Gasteiger charge is 2.43. The third-order valence-electron chi connectivity index (χ3n) is 5.59. The number of amides is 2. The maximum Gasteiger partial charge on any atom is 0.282 e. The highest BCUT2D eigenvalue weighted by molar-refractivity contribution is 6.46. The Hall–Kier alpha value is -2.79. The molecule has 2 amide bonds. The van der Waals surface area contributed by atoms with Gasteiger partial charge >= 0.3 is 0 Å². The highest BCUT2D eigenvalue weighted by Crippen LogP contribution is 2.38. The van der Waals surface area contributed by atoms with Crippen LogP contribution in [-0.2, 0) is 9.59 Å². The predicted octanol–water partition coefficient (Wildman–Crippen LogP) is 4.43. The number of carbonyl (C=O) groups excluding carboxylic acids is 2. The molecule has 2 aromatic carbocycles. The molecular formula is C23H23ClN2O3. The van der Waals surface area contributed by atoms with Gasteiger partial charge in [-0.05, 0) is 61.6 Å². The minimum absolute atomic E-state index is 0.284. The molecule has 150 valence electrons. The van der Waals surface area contributed by atoms with E-state index < -0.39 is 0 Å². The van der Waals surface area contributed by atoms with Crippen LogP contribution in [0, 0.1) is 6.92 Å². The SMILES string of the molecule is COc1ccc(C2=C(N3CCCCC3)C(=O)N(c3cccc(Cl)c3C)C2=O)cc1. The summed E-state index contributed by atoms with van der Waals surface area (Å²) >= 11 is 6.27. The van der Waals surface area contributed by atoms with Crippen LogP contribution in [0.3, 0.4) is 0 Å². The summed E-state index contributed by atoms with van der Waals surface area (Å²) in [7, 11) is 1.60. The maximum atomic E-state index is 13.5. The Labute approximate surface area is 175 Å². The van der Waals surface area contributed by atoms with Crippen molar-refractivity contribution >= 4 is 34.7 Å². The fourth-order valence-electron chi connectivity index (χ4n) is 4.00. The van der Waals surface area contributed by atoms with E-state index in [2.05, 4.69) is 4.90 Å². The van der Waals surface area contributed by atoms with Crippen molar-refractivity contribution in [1.29, 1.82) is 0 Å². The molecule has 0 aliphatic carbocycles. The Bertz CT molecular complexity index is 992. The lowest BCUT2D eigenvalue weighted by Crippen LogP contribution is -2.37. The van der Waals surface area contributed by atoms with Gasteiger partial charge in [-0.1, -0.05) is 29.8 Å². The number of imide groups is 1. The van der Waals surface area contributed by atoms with Gasteiger partial charge < -0.3 is 9.64 Å². The van der Waals surface area contributed by atoms with Gasteiger partial charge in [-0.3, -0.25) is 9.59 Å². The fourth-order valence-corrected chi connectivity index (χ4v) is 4.17. The van der Waals surface area contributed by atoms with Gasteiger partial charge in [0.15, 0.2) is 0 Å². The fraction of sp³-hybridized carbons (Fsp3) is 0.304. The number of methoxy groups -OCH3 is 1. The van der Waals surface area contributed by atoms with E-state index in [-0.39, 0.29) is 11.8 Å². The first-order valence-electron chi connectivity index (χ1n) is 9.80. The third-order valence-corrected chi connectivity index (χ3v) is 6.00. The average molecular weight is 411 g/mol. The Morgan fingerprint density at radius 2 is 1.62 bits per heavy atom. The summed E-state index contributed by atoms with van der Waals surface area (Å²) in [5.41, 5.74) is 2.89. The zero-order valence-electron chi connectivity index (χ0n) is 16.6. The lowest BCUT2D eigenvalue weighted by Gasteiger charge is -2.29. The third kappa shape index (κ3) is 3.40. The summed E-state index contributed by atoms with van der Waals surface area (Å²) in [6.07, 6.45) is 3.16. The van der Waals surface area contributed by atoms with Crippen molar-refractivity contribution in [3.63, 3.8) is 0 Å². The molecule has 5 nitrogen and oxygen atoms in total. The number of likely N-dealkylation sites (tertiary alicyclic amines) is 1. The van der Waals surface area contributed by atoms with Gasteiger partial charge in [-0.2, -0.15) is 0 Å². The van der Waals surface area contributed by atoms with Crippen LogP contribution < -0.4 is 9.64 Å². The molecule has 29 heavy (non-hydrogen) atoms. The molecule has 6 heteroatoms. The number of hydrogen-bond acceptors (Lipinski definition) is 4. The summed E-state index contributed by atoms with van der Waals surface area (Å²) in [5.74, 6) is 0.104. The van der Waals surface area contributed by atoms with E-state index in [4.69, 9.17) is 16.3 Å². The van der Waals surface area contributed by atoms with E-state index in [1.807, 2.05) is 19.1 Å². The number of piperidine rings is 1. The second kappa shape index (κ2) is 7.91. The molecule has 4 rings (SSSR count). The van der Waals surface area contributed by atoms with E-state index in [0.29, 0.717) is 38.9 Å². The van der Waals surface area contributed by atoms with Crippen LogP contribution in [-0.4, -0.2) is 36.9 Å². The zero-order valence-corrected chi connectivity index (χ0v) is 17.3. The van der Waals surface area contributed by atoms with Crippen LogP contribution in [0.4, 0.5) is 5.69 Å². The number of carbonyl (C=O) groups is 2. The minimum atomic E-state index is -0.314. The number of benzene rings is 2. The monoisotopic (exact) mass is 410 g/mol. The molecule has 0 spiro atoms. The lowest BCUT2D eigenvalue weighted by molar-refractivity contribution is -0.120. The first-order valence-corrected chi connectivity index (χ1v) is 10.2. The molecule has 1 fully saturated rings. The largest absolute Gasteiger partial charge is 0.497 e. The molecule has 0 aromatic heterocycles. The van der Waals surface area contributed by atoms with Gasteiger partial charge in [0.1, 0.15) is 11.4 Å². The van der Waals surface area contributed by atoms with Gasteiger partial charge in [-0.25, -0.2) is 4.90 Å². The van der Waals surface area contributed by atoms with Crippen molar-refractivity contribution in [2.45, 2.75) is 26.2 Å². The van der Waals surface area contributed by atoms with Gasteiger partial charge in [-0.15, -0.1) is 0 Å². The smallest absolute Gasteiger partial charge is 0.282 e. The number of halogens is 1. The van der Waals surface area contributed by atoms with Gasteiger partial charge in [0.2, 0.25) is 0 Å². The topological polar surface area (TPSA) is 49.9 Å². The number of ether oxygens (including phenoxy) is 1. The van der Waals surface area contributed by atoms with Gasteiger partial charge in [0.25, 0.3) is 11.8 Å². The number of hydrogen-bond donors (Lipinski definition) is 0. The van der Waals surface area contributed by atoms with Crippen LogP contribution in [0.25, 0.3) is 5.57 Å². The summed E-state index contributed by atoms with van der Waals surface area (Å²) < 4.78 is 5.24. The molecule has 2 aliphatic rings. The maximum absolute atomic E-state index is 13.5. The van der Waals surface area contributed by atoms with E-state index >= 15 is 0 Å². The Morgan fingerprint density at radius 3 is 2.28 bits per heavy atom. The molecule has 2 aliphatic heterocycles. The number of rotatable bonds is 4. The van der Waals surface area contributed by atoms with Crippen LogP contribution in [0.15, 0.2) is 48.2 Å². The number of anilines is 1. The predicted molar refractivity (Wildman–Crippen MR) is 114 cm³/mol. The Balaban J connectivity index is 1.84. The average Bonchev–Trinajstić information content (AvgIpc) is 3.01. The van der Waals surface area contributed by atoms with Crippen molar-refractivity contribution in [2.24, 2.45) is 0 Å². The molecule has 0 N–H and O–H groups in total. The van der Waals surface area contributed by atoms with Crippen LogP contribution >= 0.6 is 11.6 Å². The summed E-state index contributed by atoms with van der Waals surface area (Å²) in [4.78, 5) is 30.4. The van der Waals surface area contributed by atoms with Crippen LogP contribution in [0.1, 0.15) is 30.4 Å². The minimum Gasteiger partial charge on any atom is -0.497 e. The van der Waals surface area contributed by atoms with E-state index in [0.717, 1.165) is 32.4 Å². The highest BCUT2D eigenvalue weighted by atomic mass is 35.5. The van der Waals surface area contributed by atoms with E-state index in [1.54, 1.807) is 37.4 Å². The normalized spacial score (nSPS) is 17.3. The van der Waals surface area contributed by atoms with Crippen molar-refractivity contribution in [3.8, 4) is 5.75 Å². The molecule has 0 unspecified atom stereocenters. The molecule has 0 bridgehead atoms. The van der Waals surface area contributed by atoms with Crippen molar-refractivity contribution in [3.05, 3.63) is 64.3 Å². The quantitative estimate of drug-likeness (QED) is 0.700. The second-order valence-electron chi connectivity index (χ2n) is 7.33. The van der Waals surface area contributed by atoms with E-state index in [1.165, 1.54) is 4.90 Å². The Kier molecular flexibility index (Phi) is 5.33. The molecule has 0 radical (unpaired) electrons. The second-order valence-corrected chi connectivity index (χ2v) is 7.74. The molecule has 0 saturated carbocycles. The molecule has 2 heterocycles. The summed E-state index contributed by atoms with van der Waals surface area (Å²) in [5, 5.41) is 0.528. The molecule has 2 aromatic rings. The van der Waals surface area contributed by atoms with Crippen molar-refractivity contribution in [2.75, 3.05) is 25.1 Å². The first kappa shape index (κ1) is 19.5. The number of nitrogens with zero attached hydrogens (tertiary/aromatic N) is 2. The standard InChI is InChI=1S/C23H23ClN2O3/c1-15-18(24)7-6-8-19(15)26-22(27)20(16-9-11-17(29-2)12-10-16)21(23(26)28)25-13-4-3-5-14-25/h6-12H,3-5,13-14H2,1-2H3. The summed E-state index contributed by atoms with van der Waals surface area (Å²) in [6.45, 7) is 3.37. The lowest BCUT2D eigenvalue weighted by atomic mass is 10.0. The van der Waals surface area contributed by atoms with Crippen LogP contribution in [0.2, 0.25) is 5.02 Å². The molecular weight excluding hydrogens is 388 g/mol. The van der Waals surface area contributed by atoms with Gasteiger partial charge in [0, 0.05) is 18.1 Å².